The van der Waals surface area contributed by atoms with Gasteiger partial charge in [0, 0.05) is 12.6 Å². The fraction of sp³-hybridized carbons (Fsp3) is 0.562. The van der Waals surface area contributed by atoms with Crippen LogP contribution in [0.25, 0.3) is 0 Å². The monoisotopic (exact) mass is 312 g/mol. The minimum Gasteiger partial charge on any atom is -0.493 e. The summed E-state index contributed by atoms with van der Waals surface area (Å²) in [6.45, 7) is 6.84. The van der Waals surface area contributed by atoms with E-state index in [-0.39, 0.29) is 24.4 Å². The number of nitrogens with one attached hydrogen (secondary N) is 2. The number of carbonyl (C=O) groups is 1. The van der Waals surface area contributed by atoms with Gasteiger partial charge in [0.25, 0.3) is 0 Å². The van der Waals surface area contributed by atoms with Crippen LogP contribution >= 0.6 is 12.4 Å². The molecule has 5 heteroatoms. The number of carbonyl (C=O) groups excluding carboxylic acids is 1. The van der Waals surface area contributed by atoms with Gasteiger partial charge in [-0.05, 0) is 36.6 Å². The summed E-state index contributed by atoms with van der Waals surface area (Å²) in [5, 5.41) is 6.29. The lowest BCUT2D eigenvalue weighted by Crippen LogP contribution is -2.37. The van der Waals surface area contributed by atoms with Gasteiger partial charge in [-0.3, -0.25) is 4.79 Å². The van der Waals surface area contributed by atoms with Crippen molar-refractivity contribution in [2.75, 3.05) is 19.7 Å². The molecule has 0 radical (unpaired) electrons. The summed E-state index contributed by atoms with van der Waals surface area (Å²) in [6, 6.07) is 8.07. The highest BCUT2D eigenvalue weighted by Crippen LogP contribution is 2.13. The van der Waals surface area contributed by atoms with E-state index in [1.807, 2.05) is 24.3 Å². The van der Waals surface area contributed by atoms with Crippen LogP contribution in [0.2, 0.25) is 0 Å². The summed E-state index contributed by atoms with van der Waals surface area (Å²) in [5.41, 5.74) is 1.02. The molecule has 1 amide bonds. The first-order valence-corrected chi connectivity index (χ1v) is 7.35. The van der Waals surface area contributed by atoms with Crippen molar-refractivity contribution >= 4 is 18.3 Å². The van der Waals surface area contributed by atoms with E-state index in [9.17, 15) is 4.79 Å². The van der Waals surface area contributed by atoms with Crippen molar-refractivity contribution in [3.63, 3.8) is 0 Å². The summed E-state index contributed by atoms with van der Waals surface area (Å²) in [7, 11) is 0. The number of halogens is 1. The molecule has 1 aliphatic rings. The second-order valence-electron chi connectivity index (χ2n) is 5.78. The SMILES string of the molecule is CC(C)COc1ccc(CC(=O)NC2CCNC2)cc1.Cl. The molecular formula is C16H25ClN2O2. The first-order chi connectivity index (χ1) is 9.63. The van der Waals surface area contributed by atoms with Crippen molar-refractivity contribution in [1.29, 1.82) is 0 Å². The third-order valence-electron chi connectivity index (χ3n) is 3.30. The van der Waals surface area contributed by atoms with Crippen molar-refractivity contribution in [2.24, 2.45) is 5.92 Å². The van der Waals surface area contributed by atoms with Gasteiger partial charge in [0.1, 0.15) is 5.75 Å². The molecule has 2 rings (SSSR count). The van der Waals surface area contributed by atoms with Crippen molar-refractivity contribution in [2.45, 2.75) is 32.7 Å². The molecule has 0 aliphatic carbocycles. The Hall–Kier alpha value is -1.26. The summed E-state index contributed by atoms with van der Waals surface area (Å²) in [6.07, 6.45) is 1.45. The average Bonchev–Trinajstić information content (AvgIpc) is 2.90. The Kier molecular flexibility index (Phi) is 7.54. The van der Waals surface area contributed by atoms with Gasteiger partial charge in [0.15, 0.2) is 0 Å². The second-order valence-corrected chi connectivity index (χ2v) is 5.78. The molecule has 2 N–H and O–H groups in total. The van der Waals surface area contributed by atoms with Crippen LogP contribution in [0.5, 0.6) is 5.75 Å². The van der Waals surface area contributed by atoms with E-state index < -0.39 is 0 Å². The van der Waals surface area contributed by atoms with Crippen LogP contribution in [-0.4, -0.2) is 31.6 Å². The molecule has 1 heterocycles. The van der Waals surface area contributed by atoms with Crippen LogP contribution in [0, 0.1) is 5.92 Å². The molecule has 1 fully saturated rings. The minimum atomic E-state index is 0. The van der Waals surface area contributed by atoms with Gasteiger partial charge >= 0.3 is 0 Å². The number of hydrogen-bond donors (Lipinski definition) is 2. The third-order valence-corrected chi connectivity index (χ3v) is 3.30. The van der Waals surface area contributed by atoms with E-state index >= 15 is 0 Å². The largest absolute Gasteiger partial charge is 0.493 e. The Morgan fingerprint density at radius 1 is 1.38 bits per heavy atom. The van der Waals surface area contributed by atoms with Gasteiger partial charge < -0.3 is 15.4 Å². The van der Waals surface area contributed by atoms with E-state index in [1.54, 1.807) is 0 Å². The fourth-order valence-electron chi connectivity index (χ4n) is 2.21. The highest BCUT2D eigenvalue weighted by atomic mass is 35.5. The maximum absolute atomic E-state index is 11.9. The van der Waals surface area contributed by atoms with Crippen LogP contribution in [0.1, 0.15) is 25.8 Å². The van der Waals surface area contributed by atoms with E-state index in [0.29, 0.717) is 18.9 Å². The predicted molar refractivity (Wildman–Crippen MR) is 87.1 cm³/mol. The molecule has 0 saturated carbocycles. The molecule has 0 bridgehead atoms. The zero-order valence-corrected chi connectivity index (χ0v) is 13.5. The molecule has 1 unspecified atom stereocenters. The van der Waals surface area contributed by atoms with Gasteiger partial charge in [-0.1, -0.05) is 26.0 Å². The molecule has 1 aromatic carbocycles. The molecule has 4 nitrogen and oxygen atoms in total. The van der Waals surface area contributed by atoms with Crippen molar-refractivity contribution < 1.29 is 9.53 Å². The zero-order chi connectivity index (χ0) is 14.4. The molecule has 118 valence electrons. The average molecular weight is 313 g/mol. The molecule has 1 atom stereocenters. The quantitative estimate of drug-likeness (QED) is 0.846. The molecule has 21 heavy (non-hydrogen) atoms. The Balaban J connectivity index is 0.00000220. The first kappa shape index (κ1) is 17.8. The highest BCUT2D eigenvalue weighted by molar-refractivity contribution is 5.85. The summed E-state index contributed by atoms with van der Waals surface area (Å²) < 4.78 is 5.63. The Morgan fingerprint density at radius 3 is 2.67 bits per heavy atom. The maximum atomic E-state index is 11.9. The van der Waals surface area contributed by atoms with E-state index in [1.165, 1.54) is 0 Å². The lowest BCUT2D eigenvalue weighted by atomic mass is 10.1. The molecule has 1 aromatic rings. The van der Waals surface area contributed by atoms with Crippen molar-refractivity contribution in [3.8, 4) is 5.75 Å². The zero-order valence-electron chi connectivity index (χ0n) is 12.7. The highest BCUT2D eigenvalue weighted by Gasteiger charge is 2.16. The van der Waals surface area contributed by atoms with Crippen LogP contribution in [-0.2, 0) is 11.2 Å². The van der Waals surface area contributed by atoms with Gasteiger partial charge in [-0.2, -0.15) is 0 Å². The van der Waals surface area contributed by atoms with Crippen LogP contribution in [0.15, 0.2) is 24.3 Å². The topological polar surface area (TPSA) is 50.4 Å². The maximum Gasteiger partial charge on any atom is 0.224 e. The van der Waals surface area contributed by atoms with Gasteiger partial charge in [-0.25, -0.2) is 0 Å². The van der Waals surface area contributed by atoms with Crippen LogP contribution < -0.4 is 15.4 Å². The first-order valence-electron chi connectivity index (χ1n) is 7.35. The van der Waals surface area contributed by atoms with Gasteiger partial charge in [0.05, 0.1) is 13.0 Å². The lowest BCUT2D eigenvalue weighted by molar-refractivity contribution is -0.121. The molecule has 1 aliphatic heterocycles. The Morgan fingerprint density at radius 2 is 2.10 bits per heavy atom. The number of amides is 1. The molecule has 0 aromatic heterocycles. The summed E-state index contributed by atoms with van der Waals surface area (Å²) in [4.78, 5) is 11.9. The normalized spacial score (nSPS) is 17.4. The smallest absolute Gasteiger partial charge is 0.224 e. The number of benzene rings is 1. The van der Waals surface area contributed by atoms with E-state index in [4.69, 9.17) is 4.74 Å². The van der Waals surface area contributed by atoms with E-state index in [2.05, 4.69) is 24.5 Å². The van der Waals surface area contributed by atoms with Gasteiger partial charge in [-0.15, -0.1) is 12.4 Å². The summed E-state index contributed by atoms with van der Waals surface area (Å²) in [5.74, 6) is 1.47. The minimum absolute atomic E-state index is 0. The van der Waals surface area contributed by atoms with Crippen molar-refractivity contribution in [1.82, 2.24) is 10.6 Å². The van der Waals surface area contributed by atoms with Crippen LogP contribution in [0.3, 0.4) is 0 Å². The molecular weight excluding hydrogens is 288 g/mol. The van der Waals surface area contributed by atoms with Crippen molar-refractivity contribution in [3.05, 3.63) is 29.8 Å². The number of ether oxygens (including phenoxy) is 1. The second kappa shape index (κ2) is 8.90. The number of rotatable bonds is 6. The molecule has 1 saturated heterocycles. The Bertz CT molecular complexity index is 428. The third kappa shape index (κ3) is 6.36. The van der Waals surface area contributed by atoms with Gasteiger partial charge in [0.2, 0.25) is 5.91 Å². The summed E-state index contributed by atoms with van der Waals surface area (Å²) >= 11 is 0. The standard InChI is InChI=1S/C16H24N2O2.ClH/c1-12(2)11-20-15-5-3-13(4-6-15)9-16(19)18-14-7-8-17-10-14;/h3-6,12,14,17H,7-11H2,1-2H3,(H,18,19);1H. The van der Waals surface area contributed by atoms with Crippen LogP contribution in [0.4, 0.5) is 0 Å². The molecule has 0 spiro atoms. The lowest BCUT2D eigenvalue weighted by Gasteiger charge is -2.12. The fourth-order valence-corrected chi connectivity index (χ4v) is 2.21. The Labute approximate surface area is 133 Å². The predicted octanol–water partition coefficient (Wildman–Crippen LogP) is 2.16. The number of hydrogen-bond acceptors (Lipinski definition) is 3. The van der Waals surface area contributed by atoms with E-state index in [0.717, 1.165) is 30.8 Å².